The quantitative estimate of drug-likeness (QED) is 0.793. The Morgan fingerprint density at radius 3 is 2.68 bits per heavy atom. The van der Waals surface area contributed by atoms with Crippen molar-refractivity contribution in [1.82, 2.24) is 14.8 Å². The van der Waals surface area contributed by atoms with Crippen molar-refractivity contribution in [3.8, 4) is 0 Å². The molecule has 0 unspecified atom stereocenters. The van der Waals surface area contributed by atoms with Crippen LogP contribution in [0.25, 0.3) is 0 Å². The molecule has 0 atom stereocenters. The van der Waals surface area contributed by atoms with Gasteiger partial charge in [0.15, 0.2) is 0 Å². The van der Waals surface area contributed by atoms with Gasteiger partial charge in [-0.2, -0.15) is 0 Å². The normalized spacial score (nSPS) is 19.4. The lowest BCUT2D eigenvalue weighted by molar-refractivity contribution is -0.0390. The Hall–Kier alpha value is -1.53. The topological polar surface area (TPSA) is 57.0 Å². The Balaban J connectivity index is 2.11. The second kappa shape index (κ2) is 5.22. The summed E-state index contributed by atoms with van der Waals surface area (Å²) in [4.78, 5) is 15.6. The van der Waals surface area contributed by atoms with Crippen LogP contribution in [0, 0.1) is 0 Å². The van der Waals surface area contributed by atoms with E-state index in [1.807, 2.05) is 0 Å². The van der Waals surface area contributed by atoms with Gasteiger partial charge in [0.1, 0.15) is 5.82 Å². The fourth-order valence-electron chi connectivity index (χ4n) is 2.33. The highest BCUT2D eigenvalue weighted by molar-refractivity contribution is 5.85. The average Bonchev–Trinajstić information content (AvgIpc) is 2.72. The first-order chi connectivity index (χ1) is 8.93. The highest BCUT2D eigenvalue weighted by Crippen LogP contribution is 2.40. The van der Waals surface area contributed by atoms with Gasteiger partial charge in [-0.05, 0) is 19.8 Å². The first kappa shape index (κ1) is 13.9. The molecule has 0 spiro atoms. The molecule has 1 saturated carbocycles. The maximum atomic E-state index is 13.1. The molecule has 0 saturated heterocycles. The molecule has 19 heavy (non-hydrogen) atoms. The molecule has 1 aromatic heterocycles. The number of carbonyl (C=O) groups excluding carboxylic acids is 1. The van der Waals surface area contributed by atoms with Crippen LogP contribution in [0.5, 0.6) is 0 Å². The molecular weight excluding hydrogens is 256 g/mol. The maximum Gasteiger partial charge on any atom is 0.378 e. The number of halogens is 2. The maximum absolute atomic E-state index is 13.1. The number of carbonyl (C=O) groups is 1. The molecule has 1 aliphatic carbocycles. The average molecular weight is 273 g/mol. The van der Waals surface area contributed by atoms with Gasteiger partial charge in [0.2, 0.25) is 5.92 Å². The Bertz CT molecular complexity index is 464. The lowest BCUT2D eigenvalue weighted by Gasteiger charge is -2.27. The van der Waals surface area contributed by atoms with Crippen LogP contribution in [0.4, 0.5) is 8.78 Å². The molecule has 106 valence electrons. The number of aryl methyl sites for hydroxylation is 1. The van der Waals surface area contributed by atoms with Crippen LogP contribution in [-0.2, 0) is 11.8 Å². The summed E-state index contributed by atoms with van der Waals surface area (Å²) in [6.45, 7) is 1.95. The summed E-state index contributed by atoms with van der Waals surface area (Å²) in [6, 6.07) is 0. The molecule has 7 heteroatoms. The molecule has 0 amide bonds. The standard InChI is InChI=1S/C12H17F2N3O2/c1-3-19-11(18)9-15-10(17(2)16-9)8-4-6-12(13,14)7-5-8/h8H,3-7H2,1-2H3. The SMILES string of the molecule is CCOC(=O)c1nc(C2CCC(F)(F)CC2)n(C)n1. The second-order valence-corrected chi connectivity index (χ2v) is 4.77. The minimum atomic E-state index is -2.57. The van der Waals surface area contributed by atoms with Gasteiger partial charge in [0, 0.05) is 25.8 Å². The van der Waals surface area contributed by atoms with E-state index in [9.17, 15) is 13.6 Å². The second-order valence-electron chi connectivity index (χ2n) is 4.77. The van der Waals surface area contributed by atoms with Crippen molar-refractivity contribution in [3.63, 3.8) is 0 Å². The van der Waals surface area contributed by atoms with Gasteiger partial charge in [0.25, 0.3) is 5.82 Å². The Kier molecular flexibility index (Phi) is 3.82. The zero-order valence-electron chi connectivity index (χ0n) is 11.0. The predicted molar refractivity (Wildman–Crippen MR) is 63.1 cm³/mol. The molecule has 0 aromatic carbocycles. The van der Waals surface area contributed by atoms with Gasteiger partial charge in [-0.1, -0.05) is 0 Å². The lowest BCUT2D eigenvalue weighted by Crippen LogP contribution is -2.25. The summed E-state index contributed by atoms with van der Waals surface area (Å²) in [7, 11) is 1.66. The van der Waals surface area contributed by atoms with Crippen LogP contribution in [0.3, 0.4) is 0 Å². The molecule has 0 bridgehead atoms. The van der Waals surface area contributed by atoms with Gasteiger partial charge in [-0.25, -0.2) is 18.6 Å². The fraction of sp³-hybridized carbons (Fsp3) is 0.750. The van der Waals surface area contributed by atoms with Crippen LogP contribution in [0.2, 0.25) is 0 Å². The van der Waals surface area contributed by atoms with Gasteiger partial charge in [-0.3, -0.25) is 4.68 Å². The zero-order chi connectivity index (χ0) is 14.0. The van der Waals surface area contributed by atoms with Gasteiger partial charge < -0.3 is 4.74 Å². The third-order valence-corrected chi connectivity index (χ3v) is 3.34. The molecule has 5 nitrogen and oxygen atoms in total. The van der Waals surface area contributed by atoms with E-state index in [-0.39, 0.29) is 31.2 Å². The highest BCUT2D eigenvalue weighted by atomic mass is 19.3. The van der Waals surface area contributed by atoms with Gasteiger partial charge in [-0.15, -0.1) is 5.10 Å². The highest BCUT2D eigenvalue weighted by Gasteiger charge is 2.37. The summed E-state index contributed by atoms with van der Waals surface area (Å²) >= 11 is 0. The third-order valence-electron chi connectivity index (χ3n) is 3.34. The summed E-state index contributed by atoms with van der Waals surface area (Å²) in [5.41, 5.74) is 0. The minimum absolute atomic E-state index is 0.00307. The van der Waals surface area contributed by atoms with E-state index in [2.05, 4.69) is 10.1 Å². The Morgan fingerprint density at radius 1 is 1.47 bits per heavy atom. The number of alkyl halides is 2. The number of hydrogen-bond acceptors (Lipinski definition) is 4. The van der Waals surface area contributed by atoms with E-state index >= 15 is 0 Å². The number of esters is 1. The largest absolute Gasteiger partial charge is 0.460 e. The van der Waals surface area contributed by atoms with E-state index in [4.69, 9.17) is 4.74 Å². The van der Waals surface area contributed by atoms with Crippen molar-refractivity contribution in [3.05, 3.63) is 11.6 Å². The minimum Gasteiger partial charge on any atom is -0.460 e. The van der Waals surface area contributed by atoms with E-state index < -0.39 is 11.9 Å². The van der Waals surface area contributed by atoms with E-state index in [0.717, 1.165) is 0 Å². The fourth-order valence-corrected chi connectivity index (χ4v) is 2.33. The van der Waals surface area contributed by atoms with Gasteiger partial charge in [0.05, 0.1) is 6.61 Å². The summed E-state index contributed by atoms with van der Waals surface area (Å²) in [5.74, 6) is -2.64. The number of hydrogen-bond donors (Lipinski definition) is 0. The first-order valence-corrected chi connectivity index (χ1v) is 6.39. The molecule has 1 aromatic rings. The Labute approximate surface area is 110 Å². The summed E-state index contributed by atoms with van der Waals surface area (Å²) in [5, 5.41) is 3.98. The number of aromatic nitrogens is 3. The van der Waals surface area contributed by atoms with E-state index in [0.29, 0.717) is 18.7 Å². The molecular formula is C12H17F2N3O2. The van der Waals surface area contributed by atoms with Crippen LogP contribution >= 0.6 is 0 Å². The van der Waals surface area contributed by atoms with E-state index in [1.54, 1.807) is 14.0 Å². The van der Waals surface area contributed by atoms with Crippen LogP contribution in [-0.4, -0.2) is 33.3 Å². The van der Waals surface area contributed by atoms with Crippen molar-refractivity contribution in [2.45, 2.75) is 44.4 Å². The van der Waals surface area contributed by atoms with Crippen molar-refractivity contribution in [1.29, 1.82) is 0 Å². The number of nitrogens with zero attached hydrogens (tertiary/aromatic N) is 3. The molecule has 0 radical (unpaired) electrons. The number of rotatable bonds is 3. The van der Waals surface area contributed by atoms with Crippen molar-refractivity contribution < 1.29 is 18.3 Å². The molecule has 1 fully saturated rings. The van der Waals surface area contributed by atoms with Gasteiger partial charge >= 0.3 is 5.97 Å². The van der Waals surface area contributed by atoms with Crippen LogP contribution in [0.15, 0.2) is 0 Å². The van der Waals surface area contributed by atoms with Crippen molar-refractivity contribution in [2.24, 2.45) is 7.05 Å². The summed E-state index contributed by atoms with van der Waals surface area (Å²) in [6.07, 6.45) is 0.447. The van der Waals surface area contributed by atoms with Crippen molar-refractivity contribution in [2.75, 3.05) is 6.61 Å². The first-order valence-electron chi connectivity index (χ1n) is 6.39. The third kappa shape index (κ3) is 3.08. The van der Waals surface area contributed by atoms with E-state index in [1.165, 1.54) is 4.68 Å². The zero-order valence-corrected chi connectivity index (χ0v) is 11.0. The molecule has 1 heterocycles. The molecule has 2 rings (SSSR count). The summed E-state index contributed by atoms with van der Waals surface area (Å²) < 4.78 is 32.5. The van der Waals surface area contributed by atoms with Crippen LogP contribution < -0.4 is 0 Å². The predicted octanol–water partition coefficient (Wildman–Crippen LogP) is 2.28. The van der Waals surface area contributed by atoms with Crippen molar-refractivity contribution >= 4 is 5.97 Å². The molecule has 1 aliphatic rings. The molecule has 0 aliphatic heterocycles. The molecule has 0 N–H and O–H groups in total. The Morgan fingerprint density at radius 2 is 2.11 bits per heavy atom. The monoisotopic (exact) mass is 273 g/mol. The van der Waals surface area contributed by atoms with Crippen LogP contribution in [0.1, 0.15) is 55.0 Å². The number of ether oxygens (including phenoxy) is 1. The lowest BCUT2D eigenvalue weighted by atomic mass is 9.86. The smallest absolute Gasteiger partial charge is 0.378 e.